The van der Waals surface area contributed by atoms with Crippen LogP contribution in [0.4, 0.5) is 0 Å². The summed E-state index contributed by atoms with van der Waals surface area (Å²) in [4.78, 5) is 34.8. The zero-order chi connectivity index (χ0) is 108. The molecule has 0 saturated heterocycles. The number of rotatable bonds is 13. The van der Waals surface area contributed by atoms with Crippen LogP contribution in [0.25, 0.3) is 145 Å². The van der Waals surface area contributed by atoms with Gasteiger partial charge in [0.15, 0.2) is 0 Å². The quantitative estimate of drug-likeness (QED) is 0.104. The molecular formula is C127H108Ir4N8O-8. The van der Waals surface area contributed by atoms with Gasteiger partial charge in [-0.05, 0) is 200 Å². The first-order chi connectivity index (χ1) is 72.8. The van der Waals surface area contributed by atoms with Crippen LogP contribution in [-0.4, -0.2) is 39.9 Å². The Morgan fingerprint density at radius 2 is 0.564 bits per heavy atom. The molecule has 0 N–H and O–H groups in total. The Morgan fingerprint density at radius 3 is 0.871 bits per heavy atom. The maximum atomic E-state index is 8.26. The zero-order valence-corrected chi connectivity index (χ0v) is 87.7. The molecule has 0 saturated carbocycles. The van der Waals surface area contributed by atoms with Crippen molar-refractivity contribution in [3.8, 4) is 123 Å². The van der Waals surface area contributed by atoms with Gasteiger partial charge in [0.25, 0.3) is 0 Å². The van der Waals surface area contributed by atoms with Gasteiger partial charge in [-0.1, -0.05) is 218 Å². The van der Waals surface area contributed by atoms with Crippen LogP contribution >= 0.6 is 0 Å². The number of fused-ring (bicyclic) bond motifs is 3. The van der Waals surface area contributed by atoms with Gasteiger partial charge < -0.3 is 44.3 Å². The average molecular weight is 2550 g/mol. The summed E-state index contributed by atoms with van der Waals surface area (Å²) in [6.45, 7) is 4.13. The Bertz CT molecular complexity index is 7560. The van der Waals surface area contributed by atoms with Crippen molar-refractivity contribution in [1.82, 2.24) is 39.9 Å². The molecule has 21 rings (SSSR count). The number of hydrogen-bond acceptors (Lipinski definition) is 9. The average Bonchev–Trinajstić information content (AvgIpc) is 1.65. The second kappa shape index (κ2) is 55.1. The smallest absolute Gasteiger partial charge is 0.123 e. The predicted octanol–water partition coefficient (Wildman–Crippen LogP) is 32.1. The summed E-state index contributed by atoms with van der Waals surface area (Å²) >= 11 is 0. The number of nitrogens with zero attached hydrogens (tertiary/aromatic N) is 8. The summed E-state index contributed by atoms with van der Waals surface area (Å²) in [5.74, 6) is -1.71. The van der Waals surface area contributed by atoms with Crippen LogP contribution in [0.15, 0.2) is 406 Å². The molecule has 0 aliphatic carbocycles. The van der Waals surface area contributed by atoms with E-state index in [1.165, 1.54) is 88.0 Å². The number of aryl methyl sites for hydroxylation is 11. The largest absolute Gasteiger partial charge is 0.476 e. The molecule has 9 aromatic heterocycles. The van der Waals surface area contributed by atoms with Crippen LogP contribution in [0.5, 0.6) is 0 Å². The van der Waals surface area contributed by atoms with Gasteiger partial charge in [0, 0.05) is 169 Å². The van der Waals surface area contributed by atoms with Crippen molar-refractivity contribution in [1.29, 1.82) is 0 Å². The molecule has 21 aromatic rings. The van der Waals surface area contributed by atoms with Crippen LogP contribution in [0.3, 0.4) is 0 Å². The van der Waals surface area contributed by atoms with E-state index < -0.39 is 40.2 Å². The van der Waals surface area contributed by atoms with Crippen LogP contribution in [-0.2, 0) is 86.8 Å². The Balaban J connectivity index is 0.000000181. The van der Waals surface area contributed by atoms with Crippen LogP contribution in [0, 0.1) is 117 Å². The third kappa shape index (κ3) is 30.4. The molecule has 140 heavy (non-hydrogen) atoms. The minimum atomic E-state index is -2.43. The van der Waals surface area contributed by atoms with E-state index >= 15 is 0 Å². The van der Waals surface area contributed by atoms with E-state index in [0.29, 0.717) is 39.1 Å². The maximum absolute atomic E-state index is 8.26. The van der Waals surface area contributed by atoms with Gasteiger partial charge in [-0.2, -0.15) is 0 Å². The molecule has 0 bridgehead atoms. The van der Waals surface area contributed by atoms with Crippen LogP contribution in [0.2, 0.25) is 0 Å². The predicted molar refractivity (Wildman–Crippen MR) is 562 cm³/mol. The minimum Gasteiger partial charge on any atom is -0.476 e. The van der Waals surface area contributed by atoms with Crippen LogP contribution < -0.4 is 0 Å². The molecule has 9 heterocycles. The number of hydrogen-bond donors (Lipinski definition) is 0. The Kier molecular flexibility index (Phi) is 34.1. The normalized spacial score (nSPS) is 12.7. The number of aromatic nitrogens is 8. The number of benzene rings is 12. The molecule has 12 aromatic carbocycles. The zero-order valence-electron chi connectivity index (χ0n) is 94.1. The van der Waals surface area contributed by atoms with Gasteiger partial charge >= 0.3 is 0 Å². The van der Waals surface area contributed by atoms with E-state index in [2.05, 4.69) is 176 Å². The van der Waals surface area contributed by atoms with Crippen LogP contribution in [0.1, 0.15) is 115 Å². The van der Waals surface area contributed by atoms with Crippen molar-refractivity contribution in [3.63, 3.8) is 0 Å². The fourth-order valence-corrected chi connectivity index (χ4v) is 14.4. The van der Waals surface area contributed by atoms with E-state index in [1.54, 1.807) is 64.1 Å². The molecule has 1 unspecified atom stereocenters. The number of furan rings is 1. The van der Waals surface area contributed by atoms with E-state index in [1.807, 2.05) is 267 Å². The second-order valence-electron chi connectivity index (χ2n) is 31.7. The van der Waals surface area contributed by atoms with Crippen molar-refractivity contribution in [2.45, 2.75) is 102 Å². The molecule has 0 spiro atoms. The first-order valence-electron chi connectivity index (χ1n) is 52.3. The van der Waals surface area contributed by atoms with Gasteiger partial charge in [-0.25, -0.2) is 0 Å². The van der Waals surface area contributed by atoms with E-state index in [4.69, 9.17) is 26.3 Å². The molecule has 13 heteroatoms. The summed E-state index contributed by atoms with van der Waals surface area (Å²) < 4.78 is 126. The van der Waals surface area contributed by atoms with E-state index in [-0.39, 0.29) is 80.4 Å². The summed E-state index contributed by atoms with van der Waals surface area (Å²) in [6, 6.07) is 138. The van der Waals surface area contributed by atoms with E-state index in [0.717, 1.165) is 129 Å². The molecule has 4 radical (unpaired) electrons. The Hall–Kier alpha value is -13.8. The van der Waals surface area contributed by atoms with Crippen molar-refractivity contribution in [2.24, 2.45) is 0 Å². The van der Waals surface area contributed by atoms with Crippen molar-refractivity contribution in [3.05, 3.63) is 517 Å². The third-order valence-electron chi connectivity index (χ3n) is 22.0. The standard InChI is InChI=1S/C20H16NO.C19H16N.2C18H14N.4C13H12N.4Ir/c1-13(2)14-9-10-21-18(11-14)15-7-8-17-16-5-3-4-6-19(16)22-20(17)12-15;1-2-15-13-19(17-11-7-4-8-12-17)20-14-18(15)16-9-5-3-6-10-16;2*1-14-12-18(16-10-6-3-7-11-16)19-13-17(14)15-8-4-2-5-9-15;4*1-10-8-13(14-9-11(10)2)12-6-4-3-5-7-12;;;;/h3-6,8-13H,1-2H3;3-11,13-14H,2H2,1H3;2*2-10,12-13H,1H3;4*3-6,8-9H,1-2H3;;;;/q8*-1;;;;/i1D3,13D;;;;4*2D3;;;;. The third-order valence-corrected chi connectivity index (χ3v) is 22.0. The Morgan fingerprint density at radius 1 is 0.271 bits per heavy atom. The fourth-order valence-electron chi connectivity index (χ4n) is 14.4. The Labute approximate surface area is 903 Å². The molecule has 706 valence electrons. The van der Waals surface area contributed by atoms with Crippen molar-refractivity contribution >= 4 is 21.9 Å². The van der Waals surface area contributed by atoms with Gasteiger partial charge in [0.2, 0.25) is 0 Å². The van der Waals surface area contributed by atoms with Crippen molar-refractivity contribution in [2.75, 3.05) is 0 Å². The summed E-state index contributed by atoms with van der Waals surface area (Å²) in [6.07, 6.45) is 14.1. The molecule has 0 aliphatic rings. The second-order valence-corrected chi connectivity index (χ2v) is 31.7. The number of para-hydroxylation sites is 1. The van der Waals surface area contributed by atoms with E-state index in [9.17, 15) is 0 Å². The monoisotopic (exact) mass is 2550 g/mol. The summed E-state index contributed by atoms with van der Waals surface area (Å²) in [5, 5.41) is 1.99. The minimum absolute atomic E-state index is 0. The molecule has 1 atom stereocenters. The SMILES string of the molecule is CCc1cc(-c2[c-]cccc2)ncc1-c1ccccc1.Cc1cc(-c2[c-]cccc2)ncc1-c1ccccc1.Cc1cc(-c2[c-]cccc2)ncc1-c1ccccc1.[2H]C([2H])([2H])C([2H])(C)c1ccnc(-c2[c-]cc3c(c2)oc2ccccc23)c1.[2H]C([2H])([2H])c1cnc(-c2[c-]cccc2)cc1C.[2H]C([2H])([2H])c1cnc(-c2[c-]cccc2)cc1C.[2H]C([2H])([2H])c1cnc(-c2[c-]cccc2)cc1C.[2H]C([2H])([2H])c1cnc(-c2[c-]cccc2)cc1C.[Ir].[Ir].[Ir].[Ir]. The first kappa shape index (κ1) is 86.6. The molecule has 0 amide bonds. The fraction of sp³-hybridized carbons (Fsp3) is 0.118. The van der Waals surface area contributed by atoms with Gasteiger partial charge in [0.1, 0.15) is 5.58 Å². The molecule has 0 fully saturated rings. The maximum Gasteiger partial charge on any atom is 0.123 e. The molecule has 9 nitrogen and oxygen atoms in total. The molecular weight excluding hydrogens is 2420 g/mol. The summed E-state index contributed by atoms with van der Waals surface area (Å²) in [5.41, 5.74) is 30.8. The van der Waals surface area contributed by atoms with Crippen molar-refractivity contribution < 1.29 is 107 Å². The van der Waals surface area contributed by atoms with Gasteiger partial charge in [-0.15, -0.1) is 269 Å². The topological polar surface area (TPSA) is 116 Å². The number of pyridine rings is 8. The molecule has 0 aliphatic heterocycles. The van der Waals surface area contributed by atoms with Gasteiger partial charge in [0.05, 0.1) is 5.58 Å². The van der Waals surface area contributed by atoms with Gasteiger partial charge in [-0.3, -0.25) is 0 Å². The summed E-state index contributed by atoms with van der Waals surface area (Å²) in [7, 11) is 0. The first-order valence-corrected chi connectivity index (χ1v) is 44.3.